The molecule has 2 heterocycles. The highest BCUT2D eigenvalue weighted by atomic mass is 16.5. The molecular formula is C23H26N2O4. The van der Waals surface area contributed by atoms with E-state index in [1.165, 1.54) is 0 Å². The fourth-order valence-corrected chi connectivity index (χ4v) is 3.93. The number of nitrogens with zero attached hydrogens (tertiary/aromatic N) is 2. The van der Waals surface area contributed by atoms with Crippen LogP contribution in [-0.4, -0.2) is 43.3 Å². The number of anilines is 1. The predicted molar refractivity (Wildman–Crippen MR) is 114 cm³/mol. The summed E-state index contributed by atoms with van der Waals surface area (Å²) in [4.78, 5) is 16.7. The summed E-state index contributed by atoms with van der Waals surface area (Å²) in [5, 5.41) is 11.0. The van der Waals surface area contributed by atoms with Crippen LogP contribution in [0.1, 0.15) is 18.1 Å². The minimum atomic E-state index is -0.383. The number of methoxy groups -OCH3 is 1. The molecule has 0 bridgehead atoms. The number of aryl methyl sites for hydroxylation is 1. The number of fused-ring (bicyclic) bond motifs is 1. The average Bonchev–Trinajstić information content (AvgIpc) is 2.73. The van der Waals surface area contributed by atoms with Gasteiger partial charge in [0.05, 0.1) is 7.11 Å². The molecule has 4 rings (SSSR count). The number of ether oxygens (including phenoxy) is 1. The minimum absolute atomic E-state index is 0.173. The van der Waals surface area contributed by atoms with Crippen molar-refractivity contribution >= 4 is 16.7 Å². The number of piperazine rings is 1. The molecule has 1 saturated heterocycles. The maximum Gasteiger partial charge on any atom is 0.336 e. The third-order valence-corrected chi connectivity index (χ3v) is 5.60. The van der Waals surface area contributed by atoms with Gasteiger partial charge in [0.15, 0.2) is 0 Å². The van der Waals surface area contributed by atoms with Gasteiger partial charge in [-0.3, -0.25) is 4.90 Å². The minimum Gasteiger partial charge on any atom is -0.508 e. The van der Waals surface area contributed by atoms with Crippen LogP contribution >= 0.6 is 0 Å². The molecule has 6 nitrogen and oxygen atoms in total. The van der Waals surface area contributed by atoms with E-state index in [1.807, 2.05) is 25.1 Å². The predicted octanol–water partition coefficient (Wildman–Crippen LogP) is 3.39. The monoisotopic (exact) mass is 394 g/mol. The second-order valence-electron chi connectivity index (χ2n) is 7.39. The van der Waals surface area contributed by atoms with Crippen LogP contribution in [0.25, 0.3) is 11.0 Å². The van der Waals surface area contributed by atoms with Gasteiger partial charge < -0.3 is 19.2 Å². The fourth-order valence-electron chi connectivity index (χ4n) is 3.93. The van der Waals surface area contributed by atoms with Crippen LogP contribution in [0.2, 0.25) is 0 Å². The van der Waals surface area contributed by atoms with Gasteiger partial charge >= 0.3 is 5.63 Å². The Balaban J connectivity index is 1.52. The van der Waals surface area contributed by atoms with Gasteiger partial charge in [0, 0.05) is 62.0 Å². The van der Waals surface area contributed by atoms with Crippen molar-refractivity contribution in [3.8, 4) is 11.5 Å². The second kappa shape index (κ2) is 8.17. The Morgan fingerprint density at radius 1 is 1.07 bits per heavy atom. The van der Waals surface area contributed by atoms with Gasteiger partial charge in [0.2, 0.25) is 0 Å². The third-order valence-electron chi connectivity index (χ3n) is 5.60. The van der Waals surface area contributed by atoms with E-state index in [2.05, 4.69) is 21.9 Å². The van der Waals surface area contributed by atoms with E-state index in [1.54, 1.807) is 19.2 Å². The smallest absolute Gasteiger partial charge is 0.336 e. The van der Waals surface area contributed by atoms with E-state index >= 15 is 0 Å². The highest BCUT2D eigenvalue weighted by molar-refractivity contribution is 5.82. The number of benzene rings is 2. The van der Waals surface area contributed by atoms with E-state index in [0.717, 1.165) is 60.5 Å². The number of rotatable bonds is 5. The Kier molecular flexibility index (Phi) is 5.45. The molecule has 6 heteroatoms. The van der Waals surface area contributed by atoms with Gasteiger partial charge in [-0.1, -0.05) is 13.0 Å². The van der Waals surface area contributed by atoms with E-state index in [4.69, 9.17) is 9.15 Å². The van der Waals surface area contributed by atoms with Crippen LogP contribution in [-0.2, 0) is 13.0 Å². The van der Waals surface area contributed by atoms with Crippen molar-refractivity contribution in [2.24, 2.45) is 0 Å². The van der Waals surface area contributed by atoms with Crippen LogP contribution in [0.15, 0.2) is 51.7 Å². The van der Waals surface area contributed by atoms with E-state index in [9.17, 15) is 9.90 Å². The standard InChI is InChI=1S/C23H26N2O4/c1-3-16-11-20-17(12-23(27)29-22(20)14-21(16)26)15-24-7-9-25(10-8-24)18-5-4-6-19(13-18)28-2/h4-6,11-14,26H,3,7-10,15H2,1-2H3. The van der Waals surface area contributed by atoms with Crippen molar-refractivity contribution in [1.29, 1.82) is 0 Å². The summed E-state index contributed by atoms with van der Waals surface area (Å²) >= 11 is 0. The largest absolute Gasteiger partial charge is 0.508 e. The van der Waals surface area contributed by atoms with Crippen molar-refractivity contribution < 1.29 is 14.3 Å². The van der Waals surface area contributed by atoms with E-state index in [0.29, 0.717) is 12.1 Å². The van der Waals surface area contributed by atoms with Gasteiger partial charge in [-0.25, -0.2) is 4.79 Å². The molecule has 1 N–H and O–H groups in total. The summed E-state index contributed by atoms with van der Waals surface area (Å²) in [6.45, 7) is 6.30. The molecule has 0 aliphatic carbocycles. The third kappa shape index (κ3) is 4.07. The normalized spacial score (nSPS) is 15.0. The van der Waals surface area contributed by atoms with Crippen molar-refractivity contribution in [2.45, 2.75) is 19.9 Å². The second-order valence-corrected chi connectivity index (χ2v) is 7.39. The summed E-state index contributed by atoms with van der Waals surface area (Å²) in [5.41, 5.74) is 3.03. The van der Waals surface area contributed by atoms with Crippen LogP contribution in [0, 0.1) is 0 Å². The summed E-state index contributed by atoms with van der Waals surface area (Å²) in [6, 6.07) is 13.2. The molecule has 29 heavy (non-hydrogen) atoms. The number of hydrogen-bond acceptors (Lipinski definition) is 6. The SMILES string of the molecule is CCc1cc2c(CN3CCN(c4cccc(OC)c4)CC3)cc(=O)oc2cc1O. The number of aromatic hydroxyl groups is 1. The molecule has 0 amide bonds. The zero-order valence-corrected chi connectivity index (χ0v) is 16.9. The first kappa shape index (κ1) is 19.3. The van der Waals surface area contributed by atoms with Gasteiger partial charge in [-0.05, 0) is 35.7 Å². The van der Waals surface area contributed by atoms with Crippen LogP contribution in [0.4, 0.5) is 5.69 Å². The van der Waals surface area contributed by atoms with Crippen molar-refractivity contribution in [2.75, 3.05) is 38.2 Å². The Labute approximate surface area is 169 Å². The lowest BCUT2D eigenvalue weighted by Gasteiger charge is -2.36. The van der Waals surface area contributed by atoms with Gasteiger partial charge in [-0.15, -0.1) is 0 Å². The van der Waals surface area contributed by atoms with Crippen LogP contribution in [0.5, 0.6) is 11.5 Å². The Hall–Kier alpha value is -2.99. The molecule has 1 aliphatic heterocycles. The average molecular weight is 394 g/mol. The highest BCUT2D eigenvalue weighted by Crippen LogP contribution is 2.28. The van der Waals surface area contributed by atoms with Crippen molar-refractivity contribution in [3.63, 3.8) is 0 Å². The molecule has 0 spiro atoms. The summed E-state index contributed by atoms with van der Waals surface area (Å²) < 4.78 is 10.6. The first-order chi connectivity index (χ1) is 14.1. The lowest BCUT2D eigenvalue weighted by atomic mass is 10.0. The molecule has 0 radical (unpaired) electrons. The quantitative estimate of drug-likeness (QED) is 0.669. The molecule has 0 atom stereocenters. The number of phenols is 1. The van der Waals surface area contributed by atoms with E-state index < -0.39 is 0 Å². The Bertz CT molecular complexity index is 1070. The maximum atomic E-state index is 12.0. The van der Waals surface area contributed by atoms with Crippen LogP contribution in [0.3, 0.4) is 0 Å². The van der Waals surface area contributed by atoms with E-state index in [-0.39, 0.29) is 11.4 Å². The topological polar surface area (TPSA) is 66.2 Å². The lowest BCUT2D eigenvalue weighted by Crippen LogP contribution is -2.46. The maximum absolute atomic E-state index is 12.0. The van der Waals surface area contributed by atoms with Gasteiger partial charge in [0.1, 0.15) is 17.1 Å². The van der Waals surface area contributed by atoms with Gasteiger partial charge in [0.25, 0.3) is 0 Å². The highest BCUT2D eigenvalue weighted by Gasteiger charge is 2.19. The zero-order valence-electron chi connectivity index (χ0n) is 16.9. The first-order valence-electron chi connectivity index (χ1n) is 9.97. The molecule has 0 saturated carbocycles. The summed E-state index contributed by atoms with van der Waals surface area (Å²) in [5.74, 6) is 1.04. The lowest BCUT2D eigenvalue weighted by molar-refractivity contribution is 0.250. The van der Waals surface area contributed by atoms with Crippen molar-refractivity contribution in [3.05, 3.63) is 64.0 Å². The Morgan fingerprint density at radius 3 is 2.59 bits per heavy atom. The molecule has 0 unspecified atom stereocenters. The summed E-state index contributed by atoms with van der Waals surface area (Å²) in [7, 11) is 1.68. The molecule has 152 valence electrons. The molecule has 1 fully saturated rings. The fraction of sp³-hybridized carbons (Fsp3) is 0.348. The first-order valence-corrected chi connectivity index (χ1v) is 9.97. The molecule has 1 aromatic heterocycles. The van der Waals surface area contributed by atoms with Gasteiger partial charge in [-0.2, -0.15) is 0 Å². The zero-order chi connectivity index (χ0) is 20.4. The Morgan fingerprint density at radius 2 is 1.86 bits per heavy atom. The molecule has 3 aromatic rings. The molecule has 2 aromatic carbocycles. The number of phenolic OH excluding ortho intramolecular Hbond substituents is 1. The molecule has 1 aliphatic rings. The summed E-state index contributed by atoms with van der Waals surface area (Å²) in [6.07, 6.45) is 0.722. The van der Waals surface area contributed by atoms with Crippen LogP contribution < -0.4 is 15.3 Å². The number of hydrogen-bond donors (Lipinski definition) is 1. The van der Waals surface area contributed by atoms with Crippen molar-refractivity contribution in [1.82, 2.24) is 4.90 Å². The molecular weight excluding hydrogens is 368 g/mol.